The molecule has 0 atom stereocenters. The van der Waals surface area contributed by atoms with Gasteiger partial charge in [0.2, 0.25) is 0 Å². The summed E-state index contributed by atoms with van der Waals surface area (Å²) in [4.78, 5) is 14.9. The first kappa shape index (κ1) is 31.5. The quantitative estimate of drug-likeness (QED) is 0.176. The van der Waals surface area contributed by atoms with E-state index >= 15 is 0 Å². The van der Waals surface area contributed by atoms with Crippen molar-refractivity contribution in [3.05, 3.63) is 182 Å². The highest BCUT2D eigenvalue weighted by Crippen LogP contribution is 2.43. The Morgan fingerprint density at radius 1 is 0.316 bits per heavy atom. The molecule has 266 valence electrons. The highest BCUT2D eigenvalue weighted by molar-refractivity contribution is 6.16. The van der Waals surface area contributed by atoms with E-state index in [0.717, 1.165) is 88.4 Å². The zero-order chi connectivity index (χ0) is 37.5. The van der Waals surface area contributed by atoms with E-state index in [1.807, 2.05) is 72.8 Å². The molecule has 8 aromatic carbocycles. The number of hydrogen-bond donors (Lipinski definition) is 0. The van der Waals surface area contributed by atoms with E-state index in [9.17, 15) is 0 Å². The van der Waals surface area contributed by atoms with Crippen LogP contribution in [0.25, 0.3) is 117 Å². The topological polar surface area (TPSA) is 69.9 Å². The molecule has 4 aromatic heterocycles. The van der Waals surface area contributed by atoms with Crippen LogP contribution >= 0.6 is 0 Å². The molecule has 0 saturated heterocycles. The summed E-state index contributed by atoms with van der Waals surface area (Å²) in [7, 11) is 0. The molecule has 6 nitrogen and oxygen atoms in total. The SMILES string of the molecule is c1ccc(-c2nc(-c3ccccc3)nc(-c3ccc4c(c3)oc3cc(-c5ccc6oc7ccccc7c6c5)cc(-n5c6ccccc6c6ccccc65)c34)n2)cc1. The minimum Gasteiger partial charge on any atom is -0.456 e. The Morgan fingerprint density at radius 3 is 1.53 bits per heavy atom. The fourth-order valence-corrected chi connectivity index (χ4v) is 8.39. The Bertz CT molecular complexity index is 3410. The van der Waals surface area contributed by atoms with Crippen LogP contribution in [0.15, 0.2) is 191 Å². The summed E-state index contributed by atoms with van der Waals surface area (Å²) in [6, 6.07) is 62.8. The van der Waals surface area contributed by atoms with Crippen LogP contribution in [0.3, 0.4) is 0 Å². The maximum atomic E-state index is 6.91. The van der Waals surface area contributed by atoms with Gasteiger partial charge in [0, 0.05) is 43.6 Å². The average molecular weight is 731 g/mol. The molecular formula is C51H30N4O2. The van der Waals surface area contributed by atoms with Gasteiger partial charge in [-0.1, -0.05) is 127 Å². The number of aromatic nitrogens is 4. The molecule has 12 aromatic rings. The molecule has 0 aliphatic rings. The number of para-hydroxylation sites is 3. The number of benzene rings is 8. The fraction of sp³-hybridized carbons (Fsp3) is 0. The van der Waals surface area contributed by atoms with Gasteiger partial charge in [0.25, 0.3) is 0 Å². The zero-order valence-electron chi connectivity index (χ0n) is 30.4. The van der Waals surface area contributed by atoms with Crippen LogP contribution in [-0.4, -0.2) is 19.5 Å². The van der Waals surface area contributed by atoms with Crippen LogP contribution in [0.2, 0.25) is 0 Å². The van der Waals surface area contributed by atoms with Crippen molar-refractivity contribution in [2.75, 3.05) is 0 Å². The first-order valence-electron chi connectivity index (χ1n) is 19.0. The Labute approximate surface area is 325 Å². The normalized spacial score (nSPS) is 11.9. The lowest BCUT2D eigenvalue weighted by molar-refractivity contribution is 0.669. The lowest BCUT2D eigenvalue weighted by Gasteiger charge is -2.13. The monoisotopic (exact) mass is 730 g/mol. The second kappa shape index (κ2) is 12.3. The highest BCUT2D eigenvalue weighted by Gasteiger charge is 2.21. The predicted molar refractivity (Wildman–Crippen MR) is 230 cm³/mol. The third kappa shape index (κ3) is 5.01. The van der Waals surface area contributed by atoms with Crippen molar-refractivity contribution in [1.29, 1.82) is 0 Å². The molecule has 0 spiro atoms. The Kier molecular flexibility index (Phi) is 6.83. The molecule has 0 N–H and O–H groups in total. The predicted octanol–water partition coefficient (Wildman–Crippen LogP) is 13.4. The van der Waals surface area contributed by atoms with Gasteiger partial charge in [-0.2, -0.15) is 0 Å². The van der Waals surface area contributed by atoms with E-state index in [4.69, 9.17) is 23.8 Å². The molecule has 4 heterocycles. The van der Waals surface area contributed by atoms with Gasteiger partial charge in [0.05, 0.1) is 22.1 Å². The molecule has 0 fully saturated rings. The lowest BCUT2D eigenvalue weighted by Crippen LogP contribution is -2.00. The smallest absolute Gasteiger partial charge is 0.164 e. The maximum Gasteiger partial charge on any atom is 0.164 e. The molecule has 0 radical (unpaired) electrons. The molecule has 57 heavy (non-hydrogen) atoms. The maximum absolute atomic E-state index is 6.91. The van der Waals surface area contributed by atoms with Crippen LogP contribution in [0.4, 0.5) is 0 Å². The van der Waals surface area contributed by atoms with Gasteiger partial charge in [0.1, 0.15) is 22.3 Å². The summed E-state index contributed by atoms with van der Waals surface area (Å²) in [6.45, 7) is 0. The van der Waals surface area contributed by atoms with Crippen molar-refractivity contribution in [1.82, 2.24) is 19.5 Å². The standard InChI is InChI=1S/C51H30N4O2/c1-3-13-31(14-4-1)49-52-50(32-15-5-2-6-16-32)54-51(53-49)34-23-25-39-46(29-34)57-47-30-35(33-24-26-45-40(27-33)38-19-9-12-22-44(38)56-45)28-43(48(39)47)55-41-20-10-7-17-36(41)37-18-8-11-21-42(37)55/h1-30H. The Balaban J connectivity index is 1.11. The molecule has 12 rings (SSSR count). The van der Waals surface area contributed by atoms with Gasteiger partial charge in [-0.15, -0.1) is 0 Å². The number of hydrogen-bond acceptors (Lipinski definition) is 5. The fourth-order valence-electron chi connectivity index (χ4n) is 8.39. The van der Waals surface area contributed by atoms with Crippen LogP contribution in [0.5, 0.6) is 0 Å². The summed E-state index contributed by atoms with van der Waals surface area (Å²) in [5, 5.41) is 6.62. The van der Waals surface area contributed by atoms with Gasteiger partial charge >= 0.3 is 0 Å². The van der Waals surface area contributed by atoms with E-state index in [0.29, 0.717) is 17.5 Å². The molecule has 0 unspecified atom stereocenters. The van der Waals surface area contributed by atoms with E-state index in [1.165, 1.54) is 10.8 Å². The van der Waals surface area contributed by atoms with Crippen LogP contribution in [0, 0.1) is 0 Å². The first-order chi connectivity index (χ1) is 28.2. The lowest BCUT2D eigenvalue weighted by atomic mass is 9.99. The largest absolute Gasteiger partial charge is 0.456 e. The minimum absolute atomic E-state index is 0.578. The van der Waals surface area contributed by atoms with Crippen LogP contribution in [0.1, 0.15) is 0 Å². The minimum atomic E-state index is 0.578. The van der Waals surface area contributed by atoms with Crippen molar-refractivity contribution in [2.45, 2.75) is 0 Å². The number of fused-ring (bicyclic) bond motifs is 9. The summed E-state index contributed by atoms with van der Waals surface area (Å²) in [5.74, 6) is 1.81. The van der Waals surface area contributed by atoms with E-state index in [-0.39, 0.29) is 0 Å². The van der Waals surface area contributed by atoms with Crippen LogP contribution in [-0.2, 0) is 0 Å². The first-order valence-corrected chi connectivity index (χ1v) is 19.0. The summed E-state index contributed by atoms with van der Waals surface area (Å²) in [6.07, 6.45) is 0. The second-order valence-electron chi connectivity index (χ2n) is 14.4. The molecule has 0 aliphatic carbocycles. The highest BCUT2D eigenvalue weighted by atomic mass is 16.3. The van der Waals surface area contributed by atoms with Gasteiger partial charge in [0.15, 0.2) is 17.5 Å². The third-order valence-corrected chi connectivity index (χ3v) is 11.0. The second-order valence-corrected chi connectivity index (χ2v) is 14.4. The van der Waals surface area contributed by atoms with Crippen molar-refractivity contribution < 1.29 is 8.83 Å². The summed E-state index contributed by atoms with van der Waals surface area (Å²) < 4.78 is 15.5. The van der Waals surface area contributed by atoms with E-state index in [2.05, 4.69) is 114 Å². The van der Waals surface area contributed by atoms with Gasteiger partial charge in [-0.25, -0.2) is 15.0 Å². The van der Waals surface area contributed by atoms with E-state index in [1.54, 1.807) is 0 Å². The van der Waals surface area contributed by atoms with Crippen molar-refractivity contribution in [3.63, 3.8) is 0 Å². The van der Waals surface area contributed by atoms with Crippen LogP contribution < -0.4 is 0 Å². The van der Waals surface area contributed by atoms with Crippen molar-refractivity contribution in [3.8, 4) is 51.0 Å². The molecule has 0 amide bonds. The van der Waals surface area contributed by atoms with Gasteiger partial charge in [-0.05, 0) is 65.7 Å². The summed E-state index contributed by atoms with van der Waals surface area (Å²) in [5.41, 5.74) is 11.4. The molecule has 6 heteroatoms. The molecule has 0 aliphatic heterocycles. The molecule has 0 bridgehead atoms. The number of furan rings is 2. The summed E-state index contributed by atoms with van der Waals surface area (Å²) >= 11 is 0. The molecular weight excluding hydrogens is 701 g/mol. The average Bonchev–Trinajstić information content (AvgIpc) is 3.95. The van der Waals surface area contributed by atoms with Crippen molar-refractivity contribution >= 4 is 65.7 Å². The Hall–Kier alpha value is -7.83. The molecule has 0 saturated carbocycles. The number of rotatable bonds is 5. The van der Waals surface area contributed by atoms with Crippen molar-refractivity contribution in [2.24, 2.45) is 0 Å². The van der Waals surface area contributed by atoms with Gasteiger partial charge < -0.3 is 13.4 Å². The van der Waals surface area contributed by atoms with Gasteiger partial charge in [-0.3, -0.25) is 0 Å². The number of nitrogens with zero attached hydrogens (tertiary/aromatic N) is 4. The Morgan fingerprint density at radius 2 is 0.842 bits per heavy atom. The van der Waals surface area contributed by atoms with E-state index < -0.39 is 0 Å². The third-order valence-electron chi connectivity index (χ3n) is 11.0. The zero-order valence-corrected chi connectivity index (χ0v) is 30.4.